The molecule has 0 aromatic heterocycles. The van der Waals surface area contributed by atoms with Gasteiger partial charge < -0.3 is 46.3 Å². The predicted octanol–water partition coefficient (Wildman–Crippen LogP) is 6.45. The average molecular weight is 967 g/mol. The van der Waals surface area contributed by atoms with Gasteiger partial charge in [0.1, 0.15) is 24.3 Å². The van der Waals surface area contributed by atoms with Crippen LogP contribution in [0.1, 0.15) is 91.2 Å². The van der Waals surface area contributed by atoms with Crippen molar-refractivity contribution in [2.45, 2.75) is 104 Å². The molecule has 4 rings (SSSR count). The summed E-state index contributed by atoms with van der Waals surface area (Å²) in [4.78, 5) is 105. The molecule has 3 aromatic rings. The first-order chi connectivity index (χ1) is 33.0. The van der Waals surface area contributed by atoms with E-state index in [4.69, 9.17) is 15.2 Å². The number of urea groups is 1. The molecule has 378 valence electrons. The molecule has 0 spiro atoms. The van der Waals surface area contributed by atoms with Crippen LogP contribution in [0.15, 0.2) is 91.0 Å². The standard InChI is InChI=1S/C52H70N8O10/c1-35(2)45(57-42(61)19-13-10-14-31-60-43(62)28-29-44(60)63)47(65)56-41(18-15-30-54-48(53)66)46(64)55-40-26-20-36(21-27-40)32-69-49(67)58(7)33-51(3,4)34-59(8)50(68)70-52(5,6)39-24-22-38(23-25-39)37-16-11-9-12-17-37/h9,11-12,16-17,20-29,35,41,45H,10,13-15,18-19,30-34H2,1-8H3,(H,55,64)(H,56,65)(H,57,61)(H3,53,54,66)/t41-,45-/m0/s1. The van der Waals surface area contributed by atoms with Gasteiger partial charge in [0.25, 0.3) is 11.8 Å². The lowest BCUT2D eigenvalue weighted by Crippen LogP contribution is -2.54. The largest absolute Gasteiger partial charge is 0.445 e. The van der Waals surface area contributed by atoms with E-state index in [1.54, 1.807) is 52.2 Å². The summed E-state index contributed by atoms with van der Waals surface area (Å²) in [7, 11) is 3.28. The summed E-state index contributed by atoms with van der Waals surface area (Å²) in [5, 5.41) is 10.8. The molecule has 6 N–H and O–H groups in total. The van der Waals surface area contributed by atoms with Crippen molar-refractivity contribution in [3.05, 3.63) is 102 Å². The summed E-state index contributed by atoms with van der Waals surface area (Å²) in [6.45, 7) is 12.0. The lowest BCUT2D eigenvalue weighted by molar-refractivity contribution is -0.137. The summed E-state index contributed by atoms with van der Waals surface area (Å²) in [6, 6.07) is 21.8. The van der Waals surface area contributed by atoms with E-state index in [9.17, 15) is 38.4 Å². The van der Waals surface area contributed by atoms with Crippen LogP contribution in [0.5, 0.6) is 0 Å². The number of nitrogens with zero attached hydrogens (tertiary/aromatic N) is 3. The Morgan fingerprint density at radius 3 is 1.91 bits per heavy atom. The van der Waals surface area contributed by atoms with E-state index >= 15 is 0 Å². The minimum absolute atomic E-state index is 0.0579. The molecule has 0 saturated heterocycles. The normalized spacial score (nSPS) is 13.3. The van der Waals surface area contributed by atoms with Gasteiger partial charge in [0.2, 0.25) is 17.7 Å². The van der Waals surface area contributed by atoms with Crippen molar-refractivity contribution in [1.29, 1.82) is 0 Å². The number of anilines is 1. The fourth-order valence-corrected chi connectivity index (χ4v) is 7.89. The maximum atomic E-state index is 13.6. The van der Waals surface area contributed by atoms with Crippen molar-refractivity contribution in [3.63, 3.8) is 0 Å². The summed E-state index contributed by atoms with van der Waals surface area (Å²) in [5.41, 5.74) is 7.82. The molecule has 1 aliphatic heterocycles. The van der Waals surface area contributed by atoms with Gasteiger partial charge in [-0.1, -0.05) is 101 Å². The number of carbonyl (C=O) groups is 8. The molecule has 9 amide bonds. The molecule has 0 bridgehead atoms. The Labute approximate surface area is 411 Å². The number of carbonyl (C=O) groups excluding carboxylic acids is 8. The lowest BCUT2D eigenvalue weighted by Gasteiger charge is -2.35. The molecule has 70 heavy (non-hydrogen) atoms. The molecule has 0 saturated carbocycles. The number of rotatable bonds is 25. The van der Waals surface area contributed by atoms with Gasteiger partial charge in [0.15, 0.2) is 0 Å². The van der Waals surface area contributed by atoms with Crippen LogP contribution < -0.4 is 27.0 Å². The monoisotopic (exact) mass is 967 g/mol. The molecule has 18 heteroatoms. The average Bonchev–Trinajstić information content (AvgIpc) is 3.63. The molecule has 3 aromatic carbocycles. The third-order valence-electron chi connectivity index (χ3n) is 11.6. The second kappa shape index (κ2) is 25.9. The van der Waals surface area contributed by atoms with Crippen molar-refractivity contribution in [1.82, 2.24) is 30.7 Å². The van der Waals surface area contributed by atoms with Crippen LogP contribution in [-0.2, 0) is 45.7 Å². The van der Waals surface area contributed by atoms with E-state index < -0.39 is 53.1 Å². The zero-order chi connectivity index (χ0) is 51.6. The molecular weight excluding hydrogens is 897 g/mol. The van der Waals surface area contributed by atoms with Crippen LogP contribution >= 0.6 is 0 Å². The summed E-state index contributed by atoms with van der Waals surface area (Å²) >= 11 is 0. The number of hydrogen-bond donors (Lipinski definition) is 5. The Morgan fingerprint density at radius 2 is 1.31 bits per heavy atom. The Hall–Kier alpha value is -7.24. The Kier molecular flexibility index (Phi) is 20.5. The number of ether oxygens (including phenoxy) is 2. The fourth-order valence-electron chi connectivity index (χ4n) is 7.89. The van der Waals surface area contributed by atoms with Gasteiger partial charge in [-0.3, -0.25) is 28.9 Å². The van der Waals surface area contributed by atoms with Crippen molar-refractivity contribution < 1.29 is 47.8 Å². The lowest BCUT2D eigenvalue weighted by atomic mass is 9.92. The van der Waals surface area contributed by atoms with Gasteiger partial charge >= 0.3 is 18.2 Å². The second-order valence-corrected chi connectivity index (χ2v) is 19.2. The van der Waals surface area contributed by atoms with Gasteiger partial charge in [-0.25, -0.2) is 14.4 Å². The summed E-state index contributed by atoms with van der Waals surface area (Å²) in [6.07, 6.45) is 3.52. The van der Waals surface area contributed by atoms with Gasteiger partial charge in [-0.05, 0) is 79.8 Å². The summed E-state index contributed by atoms with van der Waals surface area (Å²) in [5.74, 6) is -2.50. The van der Waals surface area contributed by atoms with Crippen LogP contribution in [0.4, 0.5) is 20.1 Å². The highest BCUT2D eigenvalue weighted by Crippen LogP contribution is 2.29. The number of amides is 9. The van der Waals surface area contributed by atoms with Crippen molar-refractivity contribution in [2.24, 2.45) is 17.1 Å². The first-order valence-electron chi connectivity index (χ1n) is 23.6. The predicted molar refractivity (Wildman–Crippen MR) is 266 cm³/mol. The van der Waals surface area contributed by atoms with Crippen LogP contribution in [0.25, 0.3) is 11.1 Å². The highest BCUT2D eigenvalue weighted by Gasteiger charge is 2.32. The van der Waals surface area contributed by atoms with E-state index in [0.717, 1.165) is 21.6 Å². The Bertz CT molecular complexity index is 2300. The molecule has 0 fully saturated rings. The summed E-state index contributed by atoms with van der Waals surface area (Å²) < 4.78 is 11.6. The second-order valence-electron chi connectivity index (χ2n) is 19.2. The van der Waals surface area contributed by atoms with Crippen molar-refractivity contribution in [2.75, 3.05) is 45.6 Å². The van der Waals surface area contributed by atoms with Gasteiger partial charge in [0.05, 0.1) is 0 Å². The third-order valence-corrected chi connectivity index (χ3v) is 11.6. The van der Waals surface area contributed by atoms with Crippen LogP contribution in [0.3, 0.4) is 0 Å². The van der Waals surface area contributed by atoms with Crippen molar-refractivity contribution >= 4 is 53.4 Å². The van der Waals surface area contributed by atoms with Gasteiger partial charge in [-0.15, -0.1) is 0 Å². The number of primary amides is 1. The van der Waals surface area contributed by atoms with Crippen LogP contribution in [0.2, 0.25) is 0 Å². The quantitative estimate of drug-likeness (QED) is 0.0459. The number of hydrogen-bond acceptors (Lipinski definition) is 10. The van der Waals surface area contributed by atoms with E-state index in [0.29, 0.717) is 43.5 Å². The highest BCUT2D eigenvalue weighted by molar-refractivity contribution is 6.12. The molecule has 2 atom stereocenters. The fraction of sp³-hybridized carbons (Fsp3) is 0.462. The number of unbranched alkanes of at least 4 members (excludes halogenated alkanes) is 2. The zero-order valence-electron chi connectivity index (χ0n) is 41.7. The first kappa shape index (κ1) is 55.4. The van der Waals surface area contributed by atoms with Gasteiger partial charge in [-0.2, -0.15) is 0 Å². The number of benzene rings is 3. The smallest absolute Gasteiger partial charge is 0.410 e. The Morgan fingerprint density at radius 1 is 0.714 bits per heavy atom. The maximum Gasteiger partial charge on any atom is 0.410 e. The topological polar surface area (TPSA) is 239 Å². The minimum atomic E-state index is -1.05. The first-order valence-corrected chi connectivity index (χ1v) is 23.6. The molecule has 1 aliphatic rings. The van der Waals surface area contributed by atoms with Crippen LogP contribution in [-0.4, -0.2) is 115 Å². The molecular formula is C52H70N8O10. The Balaban J connectivity index is 1.24. The van der Waals surface area contributed by atoms with Crippen molar-refractivity contribution in [3.8, 4) is 11.1 Å². The minimum Gasteiger partial charge on any atom is -0.445 e. The number of nitrogens with one attached hydrogen (secondary N) is 4. The third kappa shape index (κ3) is 17.7. The van der Waals surface area contributed by atoms with E-state index in [1.165, 1.54) is 22.0 Å². The molecule has 0 radical (unpaired) electrons. The van der Waals surface area contributed by atoms with E-state index in [-0.39, 0.29) is 62.7 Å². The van der Waals surface area contributed by atoms with E-state index in [1.807, 2.05) is 82.3 Å². The zero-order valence-corrected chi connectivity index (χ0v) is 41.7. The SMILES string of the molecule is CC(C)[C@H](NC(=O)CCCCCN1C(=O)C=CC1=O)C(=O)N[C@@H](CCCNC(N)=O)C(=O)Nc1ccc(COC(=O)N(C)CC(C)(C)CN(C)C(=O)OC(C)(C)c2ccc(-c3ccccc3)cc2)cc1. The molecule has 0 aliphatic carbocycles. The highest BCUT2D eigenvalue weighted by atomic mass is 16.6. The molecule has 0 unspecified atom stereocenters. The number of imide groups is 1. The van der Waals surface area contributed by atoms with Gasteiger partial charge in [0, 0.05) is 69.9 Å². The molecule has 1 heterocycles. The number of nitrogens with two attached hydrogens (primary N) is 1. The van der Waals surface area contributed by atoms with E-state index in [2.05, 4.69) is 21.3 Å². The maximum absolute atomic E-state index is 13.6. The van der Waals surface area contributed by atoms with Crippen LogP contribution in [0, 0.1) is 11.3 Å². The molecule has 18 nitrogen and oxygen atoms in total.